The molecule has 1 heterocycles. The number of carbonyl (C=O) groups is 1. The summed E-state index contributed by atoms with van der Waals surface area (Å²) < 4.78 is 11.9. The largest absolute Gasteiger partial charge is 0.381 e. The summed E-state index contributed by atoms with van der Waals surface area (Å²) in [6.07, 6.45) is 9.00. The van der Waals surface area contributed by atoms with Crippen molar-refractivity contribution < 1.29 is 14.3 Å². The molecule has 2 aliphatic rings. The van der Waals surface area contributed by atoms with Gasteiger partial charge in [0.1, 0.15) is 5.78 Å². The van der Waals surface area contributed by atoms with E-state index in [-0.39, 0.29) is 34.7 Å². The Morgan fingerprint density at radius 3 is 2.32 bits per heavy atom. The summed E-state index contributed by atoms with van der Waals surface area (Å²) in [5, 5.41) is 0. The second-order valence-electron chi connectivity index (χ2n) is 8.25. The highest BCUT2D eigenvalue weighted by atomic mass is 35.5. The topological polar surface area (TPSA) is 38.8 Å². The van der Waals surface area contributed by atoms with E-state index in [1.807, 2.05) is 19.9 Å². The molecule has 1 aliphatic carbocycles. The van der Waals surface area contributed by atoms with E-state index < -0.39 is 0 Å². The van der Waals surface area contributed by atoms with Gasteiger partial charge in [-0.1, -0.05) is 60.5 Å². The molecule has 0 aromatic carbocycles. The molecule has 0 aromatic rings. The number of hydrogen-bond acceptors (Lipinski definition) is 3. The second kappa shape index (κ2) is 13.8. The molecule has 0 amide bonds. The maximum atomic E-state index is 11.9. The molecule has 2 rings (SSSR count). The molecule has 166 valence electrons. The Morgan fingerprint density at radius 1 is 1.36 bits per heavy atom. The Labute approximate surface area is 179 Å². The summed E-state index contributed by atoms with van der Waals surface area (Å²) in [6.45, 7) is 17.6. The van der Waals surface area contributed by atoms with Crippen LogP contribution in [0.25, 0.3) is 0 Å². The molecule has 28 heavy (non-hydrogen) atoms. The van der Waals surface area contributed by atoms with Gasteiger partial charge < -0.3 is 9.47 Å². The predicted molar refractivity (Wildman–Crippen MR) is 121 cm³/mol. The average molecular weight is 417 g/mol. The molecule has 3 nitrogen and oxygen atoms in total. The third-order valence-corrected chi connectivity index (χ3v) is 6.50. The van der Waals surface area contributed by atoms with Crippen molar-refractivity contribution in [1.29, 1.82) is 0 Å². The van der Waals surface area contributed by atoms with Crippen LogP contribution in [0.3, 0.4) is 0 Å². The Morgan fingerprint density at radius 2 is 1.93 bits per heavy atom. The van der Waals surface area contributed by atoms with Crippen molar-refractivity contribution in [3.05, 3.63) is 12.7 Å². The Kier molecular flexibility index (Phi) is 13.6. The van der Waals surface area contributed by atoms with Gasteiger partial charge in [-0.05, 0) is 37.0 Å². The monoisotopic (exact) mass is 416 g/mol. The van der Waals surface area contributed by atoms with Gasteiger partial charge in [0.25, 0.3) is 0 Å². The lowest BCUT2D eigenvalue weighted by Crippen LogP contribution is -2.53. The molecule has 1 saturated carbocycles. The molecule has 0 N–H and O–H groups in total. The van der Waals surface area contributed by atoms with Crippen LogP contribution in [0.4, 0.5) is 0 Å². The van der Waals surface area contributed by atoms with Crippen molar-refractivity contribution in [2.75, 3.05) is 19.6 Å². The number of methoxy groups -OCH3 is 1. The van der Waals surface area contributed by atoms with Crippen LogP contribution in [0.2, 0.25) is 0 Å². The van der Waals surface area contributed by atoms with E-state index in [9.17, 15) is 4.79 Å². The quantitative estimate of drug-likeness (QED) is 0.235. The first-order valence-electron chi connectivity index (χ1n) is 11.2. The van der Waals surface area contributed by atoms with Crippen LogP contribution in [-0.2, 0) is 14.3 Å². The summed E-state index contributed by atoms with van der Waals surface area (Å²) >= 11 is 5.73. The van der Waals surface area contributed by atoms with Gasteiger partial charge in [-0.15, -0.1) is 18.2 Å². The molecule has 2 fully saturated rings. The normalized spacial score (nSPS) is 30.2. The van der Waals surface area contributed by atoms with Gasteiger partial charge in [0.2, 0.25) is 0 Å². The van der Waals surface area contributed by atoms with Crippen LogP contribution in [-0.4, -0.2) is 37.1 Å². The van der Waals surface area contributed by atoms with Gasteiger partial charge in [-0.25, -0.2) is 0 Å². The first-order chi connectivity index (χ1) is 13.4. The van der Waals surface area contributed by atoms with E-state index in [0.717, 1.165) is 38.7 Å². The van der Waals surface area contributed by atoms with Gasteiger partial charge in [0, 0.05) is 19.4 Å². The fraction of sp³-hybridized carbons (Fsp3) is 0.875. The summed E-state index contributed by atoms with van der Waals surface area (Å²) in [5.74, 6) is 0.794. The minimum Gasteiger partial charge on any atom is -0.381 e. The minimum absolute atomic E-state index is 0.0346. The highest BCUT2D eigenvalue weighted by Crippen LogP contribution is 2.58. The first-order valence-corrected chi connectivity index (χ1v) is 11.8. The number of ether oxygens (including phenoxy) is 2. The molecule has 1 saturated heterocycles. The maximum absolute atomic E-state index is 11.9. The zero-order valence-electron chi connectivity index (χ0n) is 19.5. The smallest absolute Gasteiger partial charge is 0.147 e. The van der Waals surface area contributed by atoms with Crippen LogP contribution in [0, 0.1) is 17.3 Å². The fourth-order valence-corrected chi connectivity index (χ4v) is 4.76. The predicted octanol–water partition coefficient (Wildman–Crippen LogP) is 6.82. The van der Waals surface area contributed by atoms with E-state index in [1.54, 1.807) is 7.11 Å². The Balaban J connectivity index is 0.00000133. The van der Waals surface area contributed by atoms with Gasteiger partial charge in [0.05, 0.1) is 24.2 Å². The van der Waals surface area contributed by atoms with Crippen LogP contribution in [0.1, 0.15) is 86.5 Å². The number of carbonyl (C=O) groups excluding carboxylic acids is 1. The van der Waals surface area contributed by atoms with E-state index in [0.29, 0.717) is 12.3 Å². The van der Waals surface area contributed by atoms with E-state index in [1.165, 1.54) is 6.42 Å². The minimum atomic E-state index is -0.0346. The van der Waals surface area contributed by atoms with Crippen molar-refractivity contribution >= 4 is 17.4 Å². The molecule has 5 atom stereocenters. The molecule has 0 radical (unpaired) electrons. The second-order valence-corrected chi connectivity index (χ2v) is 8.52. The molecule has 5 unspecified atom stereocenters. The van der Waals surface area contributed by atoms with Gasteiger partial charge in [-0.3, -0.25) is 4.79 Å². The lowest BCUT2D eigenvalue weighted by atomic mass is 9.57. The zero-order valence-corrected chi connectivity index (χ0v) is 20.2. The van der Waals surface area contributed by atoms with Crippen molar-refractivity contribution in [3.8, 4) is 0 Å². The van der Waals surface area contributed by atoms with E-state index in [2.05, 4.69) is 34.3 Å². The van der Waals surface area contributed by atoms with Crippen LogP contribution >= 0.6 is 11.6 Å². The number of rotatable bonds is 9. The molecule has 4 heteroatoms. The molecular weight excluding hydrogens is 372 g/mol. The third-order valence-electron chi connectivity index (χ3n) is 6.20. The van der Waals surface area contributed by atoms with E-state index in [4.69, 9.17) is 21.1 Å². The number of allylic oxidation sites excluding steroid dienone is 1. The molecule has 0 bridgehead atoms. The number of halogens is 1. The SMILES string of the molecule is C=CCCC(C)(CC)C1C(OC)C(CC(=O)CCl)CCC12CO2.CC.CCC. The standard InChI is InChI=1S/C19H31ClO3.C3H8.C2H6/c1-5-7-9-18(3,6-2)17-16(22-4)14(11-15(21)12-20)8-10-19(17)13-23-19;1-3-2;1-2/h5,14,16-17H,1,6-13H2,2-4H3;3H2,1-2H3;1-2H3. The third kappa shape index (κ3) is 7.15. The number of hydrogen-bond donors (Lipinski definition) is 0. The van der Waals surface area contributed by atoms with Gasteiger partial charge in [-0.2, -0.15) is 0 Å². The van der Waals surface area contributed by atoms with Crippen molar-refractivity contribution in [3.63, 3.8) is 0 Å². The number of Topliss-reactive ketones (excluding diaryl/α,β-unsaturated/α-hetero) is 1. The molecular formula is C24H45ClO3. The zero-order chi connectivity index (χ0) is 21.8. The van der Waals surface area contributed by atoms with Gasteiger partial charge >= 0.3 is 0 Å². The number of alkyl halides is 1. The highest BCUT2D eigenvalue weighted by molar-refractivity contribution is 6.27. The molecule has 1 spiro atoms. The summed E-state index contributed by atoms with van der Waals surface area (Å²) in [6, 6.07) is 0. The number of epoxide rings is 1. The van der Waals surface area contributed by atoms with Crippen molar-refractivity contribution in [2.24, 2.45) is 17.3 Å². The summed E-state index contributed by atoms with van der Waals surface area (Å²) in [7, 11) is 1.78. The Hall–Kier alpha value is -0.380. The van der Waals surface area contributed by atoms with Crippen LogP contribution < -0.4 is 0 Å². The first kappa shape index (κ1) is 27.6. The number of ketones is 1. The fourth-order valence-electron chi connectivity index (χ4n) is 4.65. The lowest BCUT2D eigenvalue weighted by Gasteiger charge is -2.50. The highest BCUT2D eigenvalue weighted by Gasteiger charge is 2.63. The molecule has 1 aliphatic heterocycles. The molecule has 0 aromatic heterocycles. The summed E-state index contributed by atoms with van der Waals surface area (Å²) in [5.41, 5.74) is 0.0984. The average Bonchev–Trinajstić information content (AvgIpc) is 3.49. The van der Waals surface area contributed by atoms with E-state index >= 15 is 0 Å². The van der Waals surface area contributed by atoms with Crippen molar-refractivity contribution in [2.45, 2.75) is 98.2 Å². The summed E-state index contributed by atoms with van der Waals surface area (Å²) in [4.78, 5) is 11.9. The Bertz CT molecular complexity index is 447. The van der Waals surface area contributed by atoms with Gasteiger partial charge in [0.15, 0.2) is 0 Å². The van der Waals surface area contributed by atoms with Crippen LogP contribution in [0.15, 0.2) is 12.7 Å². The van der Waals surface area contributed by atoms with Crippen molar-refractivity contribution in [1.82, 2.24) is 0 Å². The van der Waals surface area contributed by atoms with Crippen LogP contribution in [0.5, 0.6) is 0 Å². The maximum Gasteiger partial charge on any atom is 0.147 e. The lowest BCUT2D eigenvalue weighted by molar-refractivity contribution is -0.129.